The first-order valence-corrected chi connectivity index (χ1v) is 10.1. The first-order chi connectivity index (χ1) is 14.8. The molecule has 158 valence electrons. The van der Waals surface area contributed by atoms with Gasteiger partial charge in [0.2, 0.25) is 0 Å². The third kappa shape index (κ3) is 4.20. The highest BCUT2D eigenvalue weighted by Gasteiger charge is 2.19. The summed E-state index contributed by atoms with van der Waals surface area (Å²) >= 11 is 5.92. The van der Waals surface area contributed by atoms with Crippen molar-refractivity contribution in [2.24, 2.45) is 5.92 Å². The van der Waals surface area contributed by atoms with Gasteiger partial charge >= 0.3 is 5.97 Å². The van der Waals surface area contributed by atoms with E-state index in [9.17, 15) is 14.4 Å². The van der Waals surface area contributed by atoms with Gasteiger partial charge in [0, 0.05) is 24.2 Å². The van der Waals surface area contributed by atoms with E-state index in [4.69, 9.17) is 16.3 Å². The van der Waals surface area contributed by atoms with Crippen LogP contribution in [0.3, 0.4) is 0 Å². The molecule has 0 spiro atoms. The molecule has 4 rings (SSSR count). The molecule has 1 aromatic carbocycles. The van der Waals surface area contributed by atoms with Gasteiger partial charge in [-0.3, -0.25) is 14.0 Å². The zero-order valence-electron chi connectivity index (χ0n) is 16.9. The lowest BCUT2D eigenvalue weighted by Crippen LogP contribution is -2.28. The quantitative estimate of drug-likeness (QED) is 0.444. The molecule has 0 amide bonds. The molecule has 0 unspecified atom stereocenters. The molecule has 0 N–H and O–H groups in total. The molecule has 0 fully saturated rings. The van der Waals surface area contributed by atoms with E-state index in [1.807, 2.05) is 13.8 Å². The van der Waals surface area contributed by atoms with E-state index in [-0.39, 0.29) is 29.3 Å². The van der Waals surface area contributed by atoms with Crippen LogP contribution in [0.2, 0.25) is 5.02 Å². The molecule has 8 nitrogen and oxygen atoms in total. The Balaban J connectivity index is 1.67. The zero-order chi connectivity index (χ0) is 22.1. The van der Waals surface area contributed by atoms with Crippen molar-refractivity contribution in [3.8, 4) is 0 Å². The van der Waals surface area contributed by atoms with Crippen LogP contribution in [0.5, 0.6) is 0 Å². The Labute approximate surface area is 181 Å². The standard InChI is InChI=1S/C22H19ClN4O4/c1-13(2)10-27-21(29)17-6-4-3-5-16(17)20(25-27)22(30)31-12-15-9-19(28)26-11-14(23)7-8-18(26)24-15/h3-9,11,13H,10,12H2,1-2H3. The summed E-state index contributed by atoms with van der Waals surface area (Å²) < 4.78 is 7.99. The maximum absolute atomic E-state index is 12.8. The summed E-state index contributed by atoms with van der Waals surface area (Å²) in [6, 6.07) is 11.3. The molecular weight excluding hydrogens is 420 g/mol. The predicted molar refractivity (Wildman–Crippen MR) is 116 cm³/mol. The maximum Gasteiger partial charge on any atom is 0.359 e. The molecule has 0 atom stereocenters. The van der Waals surface area contributed by atoms with Crippen LogP contribution in [0.15, 0.2) is 58.3 Å². The normalized spacial score (nSPS) is 11.4. The summed E-state index contributed by atoms with van der Waals surface area (Å²) in [6.45, 7) is 4.07. The van der Waals surface area contributed by atoms with Crippen molar-refractivity contribution in [2.75, 3.05) is 0 Å². The highest BCUT2D eigenvalue weighted by molar-refractivity contribution is 6.30. The van der Waals surface area contributed by atoms with Crippen molar-refractivity contribution in [3.63, 3.8) is 0 Å². The highest BCUT2D eigenvalue weighted by Crippen LogP contribution is 2.16. The number of benzene rings is 1. The second kappa shape index (κ2) is 8.31. The van der Waals surface area contributed by atoms with E-state index in [1.165, 1.54) is 21.3 Å². The van der Waals surface area contributed by atoms with Crippen LogP contribution < -0.4 is 11.1 Å². The minimum absolute atomic E-state index is 0.0418. The molecule has 4 aromatic rings. The summed E-state index contributed by atoms with van der Waals surface area (Å²) in [5, 5.41) is 5.47. The molecule has 0 aliphatic rings. The van der Waals surface area contributed by atoms with E-state index in [2.05, 4.69) is 10.1 Å². The number of halogens is 1. The fraction of sp³-hybridized carbons (Fsp3) is 0.227. The molecule has 0 aliphatic heterocycles. The third-order valence-electron chi connectivity index (χ3n) is 4.63. The number of fused-ring (bicyclic) bond motifs is 2. The minimum atomic E-state index is -0.702. The summed E-state index contributed by atoms with van der Waals surface area (Å²) in [5.41, 5.74) is 0.119. The van der Waals surface area contributed by atoms with Gasteiger partial charge in [-0.25, -0.2) is 14.5 Å². The fourth-order valence-electron chi connectivity index (χ4n) is 3.26. The van der Waals surface area contributed by atoms with Gasteiger partial charge in [-0.1, -0.05) is 43.6 Å². The van der Waals surface area contributed by atoms with E-state index >= 15 is 0 Å². The first-order valence-electron chi connectivity index (χ1n) is 9.68. The Morgan fingerprint density at radius 3 is 2.61 bits per heavy atom. The lowest BCUT2D eigenvalue weighted by atomic mass is 10.1. The Bertz CT molecular complexity index is 1420. The van der Waals surface area contributed by atoms with Crippen LogP contribution in [0.1, 0.15) is 30.0 Å². The molecule has 0 bridgehead atoms. The summed E-state index contributed by atoms with van der Waals surface area (Å²) in [7, 11) is 0. The van der Waals surface area contributed by atoms with Crippen molar-refractivity contribution >= 4 is 34.0 Å². The second-order valence-electron chi connectivity index (χ2n) is 7.51. The first kappa shape index (κ1) is 20.7. The van der Waals surface area contributed by atoms with Gasteiger partial charge in [-0.2, -0.15) is 5.10 Å². The van der Waals surface area contributed by atoms with E-state index in [0.717, 1.165) is 0 Å². The van der Waals surface area contributed by atoms with Gasteiger partial charge in [0.25, 0.3) is 11.1 Å². The molecule has 3 heterocycles. The van der Waals surface area contributed by atoms with E-state index < -0.39 is 5.97 Å². The van der Waals surface area contributed by atoms with Crippen molar-refractivity contribution in [1.82, 2.24) is 19.2 Å². The second-order valence-corrected chi connectivity index (χ2v) is 7.95. The lowest BCUT2D eigenvalue weighted by Gasteiger charge is -2.12. The Hall–Kier alpha value is -3.52. The Morgan fingerprint density at radius 1 is 1.13 bits per heavy atom. The lowest BCUT2D eigenvalue weighted by molar-refractivity contribution is 0.0460. The monoisotopic (exact) mass is 438 g/mol. The van der Waals surface area contributed by atoms with Crippen LogP contribution in [0.4, 0.5) is 0 Å². The number of hydrogen-bond donors (Lipinski definition) is 0. The van der Waals surface area contributed by atoms with E-state index in [0.29, 0.717) is 33.7 Å². The van der Waals surface area contributed by atoms with Crippen molar-refractivity contribution in [2.45, 2.75) is 27.0 Å². The smallest absolute Gasteiger partial charge is 0.359 e. The maximum atomic E-state index is 12.8. The Kier molecular flexibility index (Phi) is 5.56. The summed E-state index contributed by atoms with van der Waals surface area (Å²) in [4.78, 5) is 42.2. The van der Waals surface area contributed by atoms with Gasteiger partial charge in [-0.15, -0.1) is 0 Å². The predicted octanol–water partition coefficient (Wildman–Crippen LogP) is 3.07. The Morgan fingerprint density at radius 2 is 1.87 bits per heavy atom. The summed E-state index contributed by atoms with van der Waals surface area (Å²) in [6.07, 6.45) is 1.47. The average Bonchev–Trinajstić information content (AvgIpc) is 2.74. The van der Waals surface area contributed by atoms with Crippen LogP contribution in [0, 0.1) is 5.92 Å². The number of esters is 1. The molecule has 0 aliphatic carbocycles. The number of pyridine rings is 1. The van der Waals surface area contributed by atoms with Crippen molar-refractivity contribution < 1.29 is 9.53 Å². The van der Waals surface area contributed by atoms with Crippen molar-refractivity contribution in [3.05, 3.63) is 85.8 Å². The number of nitrogens with zero attached hydrogens (tertiary/aromatic N) is 4. The molecule has 0 saturated heterocycles. The molecular formula is C22H19ClN4O4. The number of carbonyl (C=O) groups excluding carboxylic acids is 1. The SMILES string of the molecule is CC(C)Cn1nc(C(=O)OCc2cc(=O)n3cc(Cl)ccc3n2)c2ccccc2c1=O. The minimum Gasteiger partial charge on any atom is -0.454 e. The number of hydrogen-bond acceptors (Lipinski definition) is 6. The number of aromatic nitrogens is 4. The van der Waals surface area contributed by atoms with Gasteiger partial charge in [-0.05, 0) is 24.1 Å². The van der Waals surface area contributed by atoms with Crippen LogP contribution in [-0.4, -0.2) is 25.1 Å². The number of ether oxygens (including phenoxy) is 1. The fourth-order valence-corrected chi connectivity index (χ4v) is 3.42. The van der Waals surface area contributed by atoms with Crippen molar-refractivity contribution in [1.29, 1.82) is 0 Å². The number of rotatable bonds is 5. The average molecular weight is 439 g/mol. The summed E-state index contributed by atoms with van der Waals surface area (Å²) in [5.74, 6) is -0.537. The molecule has 9 heteroatoms. The zero-order valence-corrected chi connectivity index (χ0v) is 17.7. The largest absolute Gasteiger partial charge is 0.454 e. The van der Waals surface area contributed by atoms with Gasteiger partial charge in [0.05, 0.1) is 16.1 Å². The topological polar surface area (TPSA) is 95.6 Å². The molecule has 3 aromatic heterocycles. The molecule has 0 saturated carbocycles. The van der Waals surface area contributed by atoms with E-state index in [1.54, 1.807) is 36.4 Å². The van der Waals surface area contributed by atoms with Crippen LogP contribution in [0.25, 0.3) is 16.4 Å². The van der Waals surface area contributed by atoms with Gasteiger partial charge < -0.3 is 4.74 Å². The highest BCUT2D eigenvalue weighted by atomic mass is 35.5. The molecule has 0 radical (unpaired) electrons. The third-order valence-corrected chi connectivity index (χ3v) is 4.85. The number of carbonyl (C=O) groups is 1. The van der Waals surface area contributed by atoms with Crippen LogP contribution in [-0.2, 0) is 17.9 Å². The van der Waals surface area contributed by atoms with Gasteiger partial charge in [0.15, 0.2) is 5.69 Å². The van der Waals surface area contributed by atoms with Gasteiger partial charge in [0.1, 0.15) is 12.3 Å². The molecule has 31 heavy (non-hydrogen) atoms. The van der Waals surface area contributed by atoms with Crippen LogP contribution >= 0.6 is 11.6 Å².